The van der Waals surface area contributed by atoms with Gasteiger partial charge in [-0.05, 0) is 24.1 Å². The van der Waals surface area contributed by atoms with Gasteiger partial charge in [-0.3, -0.25) is 14.9 Å². The number of urea groups is 1. The van der Waals surface area contributed by atoms with Crippen molar-refractivity contribution in [2.45, 2.75) is 13.8 Å². The van der Waals surface area contributed by atoms with Crippen molar-refractivity contribution in [1.82, 2.24) is 5.32 Å². The summed E-state index contributed by atoms with van der Waals surface area (Å²) in [5, 5.41) is 2.08. The minimum atomic E-state index is -1.01. The monoisotopic (exact) mass is 342 g/mol. The Balaban J connectivity index is 2.49. The highest BCUT2D eigenvalue weighted by molar-refractivity contribution is 9.10. The number of anilines is 1. The molecule has 0 spiro atoms. The third-order valence-electron chi connectivity index (χ3n) is 3.02. The Labute approximate surface area is 123 Å². The molecular formula is C13H12BrFN2O3. The smallest absolute Gasteiger partial charge is 0.277 e. The molecule has 0 aromatic heterocycles. The number of imide groups is 2. The quantitative estimate of drug-likeness (QED) is 0.839. The van der Waals surface area contributed by atoms with Crippen molar-refractivity contribution < 1.29 is 18.8 Å². The van der Waals surface area contributed by atoms with Crippen LogP contribution in [0.15, 0.2) is 22.7 Å². The Kier molecular flexibility index (Phi) is 3.89. The molecule has 1 fully saturated rings. The van der Waals surface area contributed by atoms with E-state index in [1.54, 1.807) is 13.8 Å². The topological polar surface area (TPSA) is 66.5 Å². The summed E-state index contributed by atoms with van der Waals surface area (Å²) in [5.41, 5.74) is -0.181. The van der Waals surface area contributed by atoms with Crippen LogP contribution in [-0.2, 0) is 9.59 Å². The lowest BCUT2D eigenvalue weighted by Gasteiger charge is -2.32. The van der Waals surface area contributed by atoms with Gasteiger partial charge in [0.1, 0.15) is 11.7 Å². The molecule has 1 atom stereocenters. The minimum Gasteiger partial charge on any atom is -0.277 e. The molecule has 1 heterocycles. The number of halogens is 2. The summed E-state index contributed by atoms with van der Waals surface area (Å²) in [6.07, 6.45) is 0. The zero-order valence-electron chi connectivity index (χ0n) is 10.8. The van der Waals surface area contributed by atoms with E-state index in [2.05, 4.69) is 21.2 Å². The normalized spacial score (nSPS) is 19.6. The molecule has 0 bridgehead atoms. The molecular weight excluding hydrogens is 331 g/mol. The first-order chi connectivity index (χ1) is 9.32. The maximum atomic E-state index is 13.8. The van der Waals surface area contributed by atoms with Gasteiger partial charge in [0.2, 0.25) is 11.8 Å². The van der Waals surface area contributed by atoms with E-state index in [0.717, 1.165) is 6.07 Å². The average molecular weight is 343 g/mol. The van der Waals surface area contributed by atoms with Gasteiger partial charge in [0, 0.05) is 4.47 Å². The second kappa shape index (κ2) is 5.32. The van der Waals surface area contributed by atoms with Crippen molar-refractivity contribution in [3.05, 3.63) is 28.5 Å². The summed E-state index contributed by atoms with van der Waals surface area (Å²) in [6.45, 7) is 3.38. The SMILES string of the molecule is CC(C)C1C(=O)NC(=O)N(c2cc(Br)ccc2F)C1=O. The molecule has 0 radical (unpaired) electrons. The number of carbonyl (C=O) groups is 3. The number of nitrogens with zero attached hydrogens (tertiary/aromatic N) is 1. The van der Waals surface area contributed by atoms with E-state index >= 15 is 0 Å². The summed E-state index contributed by atoms with van der Waals surface area (Å²) in [7, 11) is 0. The van der Waals surface area contributed by atoms with Crippen molar-refractivity contribution in [3.8, 4) is 0 Å². The van der Waals surface area contributed by atoms with E-state index in [4.69, 9.17) is 0 Å². The van der Waals surface area contributed by atoms with Gasteiger partial charge in [-0.25, -0.2) is 14.1 Å². The number of rotatable bonds is 2. The number of amides is 4. The van der Waals surface area contributed by atoms with Crippen LogP contribution in [0.25, 0.3) is 0 Å². The van der Waals surface area contributed by atoms with Gasteiger partial charge in [0.25, 0.3) is 0 Å². The first-order valence-electron chi connectivity index (χ1n) is 5.96. The molecule has 4 amide bonds. The first kappa shape index (κ1) is 14.6. The van der Waals surface area contributed by atoms with Crippen LogP contribution in [0.3, 0.4) is 0 Å². The maximum Gasteiger partial charge on any atom is 0.335 e. The average Bonchev–Trinajstić information content (AvgIpc) is 2.32. The van der Waals surface area contributed by atoms with E-state index in [9.17, 15) is 18.8 Å². The first-order valence-corrected chi connectivity index (χ1v) is 6.76. The van der Waals surface area contributed by atoms with Crippen molar-refractivity contribution >= 4 is 39.5 Å². The van der Waals surface area contributed by atoms with Gasteiger partial charge in [-0.1, -0.05) is 29.8 Å². The molecule has 1 aliphatic rings. The van der Waals surface area contributed by atoms with E-state index in [-0.39, 0.29) is 11.6 Å². The molecule has 106 valence electrons. The molecule has 1 unspecified atom stereocenters. The highest BCUT2D eigenvalue weighted by Crippen LogP contribution is 2.29. The highest BCUT2D eigenvalue weighted by Gasteiger charge is 2.43. The molecule has 7 heteroatoms. The predicted molar refractivity (Wildman–Crippen MR) is 73.5 cm³/mol. The maximum absolute atomic E-state index is 13.8. The molecule has 1 saturated heterocycles. The third kappa shape index (κ3) is 2.45. The minimum absolute atomic E-state index is 0.181. The second-order valence-electron chi connectivity index (χ2n) is 4.79. The molecule has 1 N–H and O–H groups in total. The Morgan fingerprint density at radius 2 is 1.95 bits per heavy atom. The molecule has 2 rings (SSSR count). The summed E-state index contributed by atoms with van der Waals surface area (Å²) in [5.74, 6) is -3.39. The van der Waals surface area contributed by atoms with Gasteiger partial charge >= 0.3 is 6.03 Å². The van der Waals surface area contributed by atoms with Crippen LogP contribution in [-0.4, -0.2) is 17.8 Å². The Morgan fingerprint density at radius 3 is 2.55 bits per heavy atom. The van der Waals surface area contributed by atoms with Crippen LogP contribution in [0.5, 0.6) is 0 Å². The number of barbiturate groups is 1. The van der Waals surface area contributed by atoms with Crippen LogP contribution in [0, 0.1) is 17.7 Å². The molecule has 5 nitrogen and oxygen atoms in total. The van der Waals surface area contributed by atoms with Gasteiger partial charge in [-0.2, -0.15) is 0 Å². The largest absolute Gasteiger partial charge is 0.335 e. The van der Waals surface area contributed by atoms with Crippen LogP contribution in [0.1, 0.15) is 13.8 Å². The van der Waals surface area contributed by atoms with Crippen LogP contribution in [0.4, 0.5) is 14.9 Å². The predicted octanol–water partition coefficient (Wildman–Crippen LogP) is 2.44. The molecule has 1 aromatic rings. The van der Waals surface area contributed by atoms with Crippen LogP contribution >= 0.6 is 15.9 Å². The molecule has 1 aromatic carbocycles. The Bertz CT molecular complexity index is 603. The third-order valence-corrected chi connectivity index (χ3v) is 3.51. The zero-order valence-corrected chi connectivity index (χ0v) is 12.4. The van der Waals surface area contributed by atoms with Gasteiger partial charge in [0.15, 0.2) is 0 Å². The second-order valence-corrected chi connectivity index (χ2v) is 5.70. The lowest BCUT2D eigenvalue weighted by atomic mass is 9.92. The van der Waals surface area contributed by atoms with Crippen molar-refractivity contribution in [1.29, 1.82) is 0 Å². The molecule has 1 aliphatic heterocycles. The summed E-state index contributed by atoms with van der Waals surface area (Å²) < 4.78 is 14.4. The highest BCUT2D eigenvalue weighted by atomic mass is 79.9. The number of hydrogen-bond donors (Lipinski definition) is 1. The van der Waals surface area contributed by atoms with Crippen molar-refractivity contribution in [2.24, 2.45) is 11.8 Å². The lowest BCUT2D eigenvalue weighted by molar-refractivity contribution is -0.136. The number of nitrogens with one attached hydrogen (secondary N) is 1. The fourth-order valence-corrected chi connectivity index (χ4v) is 2.41. The van der Waals surface area contributed by atoms with Gasteiger partial charge in [0.05, 0.1) is 5.69 Å². The summed E-state index contributed by atoms with van der Waals surface area (Å²) in [4.78, 5) is 36.5. The van der Waals surface area contributed by atoms with E-state index in [1.807, 2.05) is 0 Å². The Hall–Kier alpha value is -1.76. The van der Waals surface area contributed by atoms with E-state index in [1.165, 1.54) is 12.1 Å². The van der Waals surface area contributed by atoms with E-state index < -0.39 is 29.6 Å². The zero-order chi connectivity index (χ0) is 15.0. The van der Waals surface area contributed by atoms with Gasteiger partial charge in [-0.15, -0.1) is 0 Å². The Morgan fingerprint density at radius 1 is 1.30 bits per heavy atom. The van der Waals surface area contributed by atoms with E-state index in [0.29, 0.717) is 9.37 Å². The molecule has 0 saturated carbocycles. The van der Waals surface area contributed by atoms with Crippen molar-refractivity contribution in [2.75, 3.05) is 4.90 Å². The standard InChI is InChI=1S/C13H12BrFN2O3/c1-6(2)10-11(18)16-13(20)17(12(10)19)9-5-7(14)3-4-8(9)15/h3-6,10H,1-2H3,(H,16,18,20). The lowest BCUT2D eigenvalue weighted by Crippen LogP contribution is -2.59. The molecule has 20 heavy (non-hydrogen) atoms. The summed E-state index contributed by atoms with van der Waals surface area (Å²) in [6, 6.07) is 2.98. The fourth-order valence-electron chi connectivity index (χ4n) is 2.06. The molecule has 0 aliphatic carbocycles. The number of hydrogen-bond acceptors (Lipinski definition) is 3. The van der Waals surface area contributed by atoms with Crippen LogP contribution in [0.2, 0.25) is 0 Å². The van der Waals surface area contributed by atoms with Crippen LogP contribution < -0.4 is 10.2 Å². The number of benzene rings is 1. The fraction of sp³-hybridized carbons (Fsp3) is 0.308. The van der Waals surface area contributed by atoms with Crippen molar-refractivity contribution in [3.63, 3.8) is 0 Å². The number of carbonyl (C=O) groups excluding carboxylic acids is 3. The summed E-state index contributed by atoms with van der Waals surface area (Å²) >= 11 is 3.16. The van der Waals surface area contributed by atoms with Gasteiger partial charge < -0.3 is 0 Å².